The van der Waals surface area contributed by atoms with E-state index in [0.29, 0.717) is 10.8 Å². The van der Waals surface area contributed by atoms with Crippen LogP contribution in [0.3, 0.4) is 0 Å². The summed E-state index contributed by atoms with van der Waals surface area (Å²) in [7, 11) is 0. The number of allylic oxidation sites excluding steroid dienone is 1. The molecule has 2 heteroatoms. The van der Waals surface area contributed by atoms with E-state index >= 15 is 0 Å². The average Bonchev–Trinajstić information content (AvgIpc) is 3.13. The minimum Gasteiger partial charge on any atom is -0.390 e. The van der Waals surface area contributed by atoms with E-state index in [9.17, 15) is 10.4 Å². The maximum atomic E-state index is 11.0. The van der Waals surface area contributed by atoms with Crippen LogP contribution in [0.15, 0.2) is 11.6 Å². The van der Waals surface area contributed by atoms with Gasteiger partial charge in [0.25, 0.3) is 0 Å². The number of nitriles is 1. The van der Waals surface area contributed by atoms with Crippen molar-refractivity contribution in [3.8, 4) is 6.07 Å². The smallest absolute Gasteiger partial charge is 0.0689 e. The van der Waals surface area contributed by atoms with Crippen molar-refractivity contribution >= 4 is 0 Å². The lowest BCUT2D eigenvalue weighted by atomic mass is 9.46. The topological polar surface area (TPSA) is 44.0 Å². The molecule has 0 saturated heterocycles. The summed E-state index contributed by atoms with van der Waals surface area (Å²) in [6.45, 7) is 9.93. The number of hydrogen-bond acceptors (Lipinski definition) is 2. The monoisotopic (exact) mass is 451 g/mol. The number of aliphatic hydroxyl groups is 1. The molecule has 0 aromatic carbocycles. The largest absolute Gasteiger partial charge is 0.390 e. The second-order valence-corrected chi connectivity index (χ2v) is 13.9. The molecule has 5 aliphatic rings. The molecule has 0 amide bonds. The number of rotatable bonds is 6. The standard InChI is InChI=1S/C31H49NO/c1-5-31(33)19-18-28(3)23(20-31)9-10-24-26-12-11-25(29(26,4)17-13-27(24)28)22(2)8-6-14-30(21-32)15-7-16-30/h9,22,24-27,33H,5-8,10-20H2,1-4H3/t22-,24+,25-,26+,27+,28+,29-,31+/m1/s1. The molecule has 0 spiro atoms. The Kier molecular flexibility index (Phi) is 6.08. The van der Waals surface area contributed by atoms with Crippen molar-refractivity contribution in [3.05, 3.63) is 11.6 Å². The zero-order chi connectivity index (χ0) is 23.5. The molecule has 0 radical (unpaired) electrons. The van der Waals surface area contributed by atoms with Gasteiger partial charge in [0.15, 0.2) is 0 Å². The van der Waals surface area contributed by atoms with E-state index < -0.39 is 5.60 Å². The first kappa shape index (κ1) is 23.9. The maximum absolute atomic E-state index is 11.0. The Morgan fingerprint density at radius 3 is 2.55 bits per heavy atom. The Labute approximate surface area is 203 Å². The summed E-state index contributed by atoms with van der Waals surface area (Å²) >= 11 is 0. The van der Waals surface area contributed by atoms with Crippen LogP contribution in [-0.2, 0) is 0 Å². The van der Waals surface area contributed by atoms with E-state index in [0.717, 1.165) is 68.1 Å². The Morgan fingerprint density at radius 2 is 1.88 bits per heavy atom. The van der Waals surface area contributed by atoms with Gasteiger partial charge in [0.05, 0.1) is 17.1 Å². The van der Waals surface area contributed by atoms with Crippen LogP contribution >= 0.6 is 0 Å². The molecule has 4 fully saturated rings. The van der Waals surface area contributed by atoms with Gasteiger partial charge in [0.2, 0.25) is 0 Å². The number of fused-ring (bicyclic) bond motifs is 5. The van der Waals surface area contributed by atoms with Crippen molar-refractivity contribution in [1.29, 1.82) is 5.26 Å². The molecular weight excluding hydrogens is 402 g/mol. The highest BCUT2D eigenvalue weighted by atomic mass is 16.3. The molecule has 4 saturated carbocycles. The minimum absolute atomic E-state index is 0.0470. The van der Waals surface area contributed by atoms with Crippen LogP contribution in [0, 0.1) is 57.2 Å². The fourth-order valence-electron chi connectivity index (χ4n) is 9.97. The fourth-order valence-corrected chi connectivity index (χ4v) is 9.97. The maximum Gasteiger partial charge on any atom is 0.0689 e. The second-order valence-electron chi connectivity index (χ2n) is 13.9. The highest BCUT2D eigenvalue weighted by molar-refractivity contribution is 5.27. The Hall–Kier alpha value is -0.810. The van der Waals surface area contributed by atoms with Gasteiger partial charge in [-0.15, -0.1) is 0 Å². The van der Waals surface area contributed by atoms with Crippen LogP contribution in [-0.4, -0.2) is 10.7 Å². The summed E-state index contributed by atoms with van der Waals surface area (Å²) in [5.41, 5.74) is 2.06. The van der Waals surface area contributed by atoms with Gasteiger partial charge in [0, 0.05) is 0 Å². The van der Waals surface area contributed by atoms with E-state index in [2.05, 4.69) is 39.8 Å². The van der Waals surface area contributed by atoms with E-state index in [1.165, 1.54) is 57.8 Å². The van der Waals surface area contributed by atoms with Gasteiger partial charge in [-0.1, -0.05) is 58.6 Å². The zero-order valence-electron chi connectivity index (χ0n) is 22.0. The summed E-state index contributed by atoms with van der Waals surface area (Å²) in [6, 6.07) is 2.66. The van der Waals surface area contributed by atoms with Crippen LogP contribution in [0.4, 0.5) is 0 Å². The first-order valence-corrected chi connectivity index (χ1v) is 14.5. The van der Waals surface area contributed by atoms with Gasteiger partial charge in [-0.05, 0) is 117 Å². The highest BCUT2D eigenvalue weighted by Crippen LogP contribution is 2.68. The molecule has 0 aliphatic heterocycles. The molecule has 5 aliphatic carbocycles. The van der Waals surface area contributed by atoms with Gasteiger partial charge < -0.3 is 5.11 Å². The number of hydrogen-bond donors (Lipinski definition) is 1. The van der Waals surface area contributed by atoms with Gasteiger partial charge in [-0.2, -0.15) is 5.26 Å². The SMILES string of the molecule is CC[C@]1(O)CC[C@@]2(C)C(=CC[C@H]3[C@@H]4CC[C@H]([C@H](C)CCCC5(C#N)CCC5)[C@@]4(C)CC[C@@H]32)C1. The molecule has 2 nitrogen and oxygen atoms in total. The third-order valence-electron chi connectivity index (χ3n) is 12.5. The Bertz CT molecular complexity index is 819. The van der Waals surface area contributed by atoms with Crippen molar-refractivity contribution in [3.63, 3.8) is 0 Å². The van der Waals surface area contributed by atoms with Crippen molar-refractivity contribution in [2.45, 2.75) is 130 Å². The second kappa shape index (κ2) is 8.40. The molecule has 0 bridgehead atoms. The van der Waals surface area contributed by atoms with Crippen LogP contribution < -0.4 is 0 Å². The molecule has 0 unspecified atom stereocenters. The van der Waals surface area contributed by atoms with E-state index in [4.69, 9.17) is 0 Å². The lowest BCUT2D eigenvalue weighted by Crippen LogP contribution is -2.52. The average molecular weight is 452 g/mol. The summed E-state index contributed by atoms with van der Waals surface area (Å²) in [6.07, 6.45) is 20.8. The third-order valence-corrected chi connectivity index (χ3v) is 12.5. The van der Waals surface area contributed by atoms with Crippen molar-refractivity contribution in [2.75, 3.05) is 0 Å². The molecule has 0 aromatic heterocycles. The fraction of sp³-hybridized carbons (Fsp3) is 0.903. The molecule has 1 N–H and O–H groups in total. The minimum atomic E-state index is -0.446. The predicted molar refractivity (Wildman–Crippen MR) is 135 cm³/mol. The van der Waals surface area contributed by atoms with Crippen LogP contribution in [0.25, 0.3) is 0 Å². The molecule has 8 atom stereocenters. The van der Waals surface area contributed by atoms with E-state index in [-0.39, 0.29) is 5.41 Å². The molecule has 0 heterocycles. The summed E-state index contributed by atoms with van der Waals surface area (Å²) < 4.78 is 0. The van der Waals surface area contributed by atoms with Crippen LogP contribution in [0.1, 0.15) is 124 Å². The predicted octanol–water partition coefficient (Wildman–Crippen LogP) is 8.21. The van der Waals surface area contributed by atoms with E-state index in [1.54, 1.807) is 5.57 Å². The molecule has 5 rings (SSSR count). The summed E-state index contributed by atoms with van der Waals surface area (Å²) in [5, 5.41) is 20.6. The van der Waals surface area contributed by atoms with Crippen LogP contribution in [0.5, 0.6) is 0 Å². The Balaban J connectivity index is 1.27. The molecular formula is C31H49NO. The van der Waals surface area contributed by atoms with Crippen molar-refractivity contribution in [1.82, 2.24) is 0 Å². The quantitative estimate of drug-likeness (QED) is 0.413. The third kappa shape index (κ3) is 3.75. The lowest BCUT2D eigenvalue weighted by molar-refractivity contribution is -0.0755. The van der Waals surface area contributed by atoms with Gasteiger partial charge in [-0.3, -0.25) is 0 Å². The van der Waals surface area contributed by atoms with E-state index in [1.807, 2.05) is 0 Å². The highest BCUT2D eigenvalue weighted by Gasteiger charge is 2.59. The van der Waals surface area contributed by atoms with Gasteiger partial charge >= 0.3 is 0 Å². The summed E-state index contributed by atoms with van der Waals surface area (Å²) in [4.78, 5) is 0. The molecule has 0 aromatic rings. The van der Waals surface area contributed by atoms with Crippen LogP contribution in [0.2, 0.25) is 0 Å². The Morgan fingerprint density at radius 1 is 1.09 bits per heavy atom. The van der Waals surface area contributed by atoms with Gasteiger partial charge in [-0.25, -0.2) is 0 Å². The first-order chi connectivity index (χ1) is 15.7. The first-order valence-electron chi connectivity index (χ1n) is 14.5. The van der Waals surface area contributed by atoms with Crippen molar-refractivity contribution in [2.24, 2.45) is 45.8 Å². The number of nitrogens with zero attached hydrogens (tertiary/aromatic N) is 1. The van der Waals surface area contributed by atoms with Crippen molar-refractivity contribution < 1.29 is 5.11 Å². The van der Waals surface area contributed by atoms with Gasteiger partial charge in [0.1, 0.15) is 0 Å². The normalized spacial score (nSPS) is 46.7. The molecule has 33 heavy (non-hydrogen) atoms. The lowest BCUT2D eigenvalue weighted by Gasteiger charge is -2.59. The summed E-state index contributed by atoms with van der Waals surface area (Å²) in [5.74, 6) is 4.26. The zero-order valence-corrected chi connectivity index (χ0v) is 22.0. The molecule has 184 valence electrons.